The molecule has 10 heavy (non-hydrogen) atoms. The number of carbonyl (C=O) groups is 1. The summed E-state index contributed by atoms with van der Waals surface area (Å²) in [6, 6.07) is 0.429. The highest BCUT2D eigenvalue weighted by Crippen LogP contribution is 2.08. The van der Waals surface area contributed by atoms with E-state index in [0.29, 0.717) is 6.04 Å². The smallest absolute Gasteiger partial charge is 0.317 e. The van der Waals surface area contributed by atoms with Crippen LogP contribution in [0.1, 0.15) is 6.42 Å². The van der Waals surface area contributed by atoms with Crippen LogP contribution in [0, 0.1) is 0 Å². The third-order valence-electron chi connectivity index (χ3n) is 1.80. The van der Waals surface area contributed by atoms with Gasteiger partial charge in [0.25, 0.3) is 0 Å². The first-order valence-corrected chi connectivity index (χ1v) is 4.44. The van der Waals surface area contributed by atoms with Gasteiger partial charge in [-0.3, -0.25) is 0 Å². The van der Waals surface area contributed by atoms with Crippen LogP contribution in [0.15, 0.2) is 0 Å². The monoisotopic (exact) mass is 206 g/mol. The highest BCUT2D eigenvalue weighted by atomic mass is 79.9. The Kier molecular flexibility index (Phi) is 2.54. The largest absolute Gasteiger partial charge is 0.336 e. The molecular formula is C6H11BrN2O. The van der Waals surface area contributed by atoms with Crippen molar-refractivity contribution in [2.24, 2.45) is 0 Å². The van der Waals surface area contributed by atoms with Crippen molar-refractivity contribution < 1.29 is 4.79 Å². The summed E-state index contributed by atoms with van der Waals surface area (Å²) < 4.78 is 0. The number of alkyl halides is 1. The molecule has 1 aliphatic heterocycles. The van der Waals surface area contributed by atoms with E-state index in [2.05, 4.69) is 21.2 Å². The molecule has 1 saturated heterocycles. The van der Waals surface area contributed by atoms with E-state index in [1.165, 1.54) is 0 Å². The highest BCUT2D eigenvalue weighted by molar-refractivity contribution is 9.09. The number of nitrogens with zero attached hydrogens (tertiary/aromatic N) is 1. The van der Waals surface area contributed by atoms with Gasteiger partial charge in [0, 0.05) is 18.9 Å². The first-order valence-electron chi connectivity index (χ1n) is 3.32. The molecule has 1 atom stereocenters. The van der Waals surface area contributed by atoms with Crippen molar-refractivity contribution >= 4 is 22.0 Å². The lowest BCUT2D eigenvalue weighted by Crippen LogP contribution is -2.29. The molecule has 2 amide bonds. The topological polar surface area (TPSA) is 32.3 Å². The van der Waals surface area contributed by atoms with Gasteiger partial charge in [-0.2, -0.15) is 0 Å². The summed E-state index contributed by atoms with van der Waals surface area (Å²) in [4.78, 5) is 12.6. The summed E-state index contributed by atoms with van der Waals surface area (Å²) in [5.41, 5.74) is 0. The van der Waals surface area contributed by atoms with E-state index in [9.17, 15) is 4.79 Å². The summed E-state index contributed by atoms with van der Waals surface area (Å²) in [6.45, 7) is 0.793. The van der Waals surface area contributed by atoms with Crippen molar-refractivity contribution in [3.8, 4) is 0 Å². The Balaban J connectivity index is 2.41. The maximum Gasteiger partial charge on any atom is 0.317 e. The van der Waals surface area contributed by atoms with E-state index < -0.39 is 0 Å². The molecule has 3 nitrogen and oxygen atoms in total. The zero-order valence-corrected chi connectivity index (χ0v) is 7.52. The number of halogens is 1. The molecule has 0 aliphatic carbocycles. The molecule has 58 valence electrons. The van der Waals surface area contributed by atoms with Crippen LogP contribution in [0.2, 0.25) is 0 Å². The van der Waals surface area contributed by atoms with Crippen LogP contribution in [-0.4, -0.2) is 35.9 Å². The maximum absolute atomic E-state index is 10.9. The fourth-order valence-corrected chi connectivity index (χ4v) is 1.58. The number of urea groups is 1. The number of nitrogens with one attached hydrogen (secondary N) is 1. The summed E-state index contributed by atoms with van der Waals surface area (Å²) >= 11 is 3.34. The molecule has 1 unspecified atom stereocenters. The Morgan fingerprint density at radius 2 is 2.60 bits per heavy atom. The molecule has 0 bridgehead atoms. The van der Waals surface area contributed by atoms with E-state index >= 15 is 0 Å². The van der Waals surface area contributed by atoms with Crippen LogP contribution >= 0.6 is 15.9 Å². The lowest BCUT2D eigenvalue weighted by Gasteiger charge is -2.15. The number of hydrogen-bond acceptors (Lipinski definition) is 1. The lowest BCUT2D eigenvalue weighted by molar-refractivity contribution is 0.216. The first-order chi connectivity index (χ1) is 4.75. The Morgan fingerprint density at radius 3 is 3.00 bits per heavy atom. The highest BCUT2D eigenvalue weighted by Gasteiger charge is 2.25. The van der Waals surface area contributed by atoms with Crippen molar-refractivity contribution in [1.82, 2.24) is 10.2 Å². The predicted octanol–water partition coefficient (Wildman–Crippen LogP) is 0.795. The van der Waals surface area contributed by atoms with Gasteiger partial charge in [-0.15, -0.1) is 0 Å². The molecule has 1 N–H and O–H groups in total. The molecule has 1 heterocycles. The Labute approximate surface area is 68.9 Å². The van der Waals surface area contributed by atoms with E-state index in [1.54, 1.807) is 4.90 Å². The zero-order chi connectivity index (χ0) is 7.56. The maximum atomic E-state index is 10.9. The van der Waals surface area contributed by atoms with Crippen molar-refractivity contribution in [2.45, 2.75) is 12.5 Å². The lowest BCUT2D eigenvalue weighted by atomic mass is 10.2. The molecule has 0 aromatic carbocycles. The molecule has 0 aromatic heterocycles. The third kappa shape index (κ3) is 1.42. The van der Waals surface area contributed by atoms with Crippen molar-refractivity contribution in [2.75, 3.05) is 18.9 Å². The van der Waals surface area contributed by atoms with Crippen molar-refractivity contribution in [3.05, 3.63) is 0 Å². The average Bonchev–Trinajstić information content (AvgIpc) is 2.20. The van der Waals surface area contributed by atoms with Gasteiger partial charge >= 0.3 is 6.03 Å². The molecule has 0 spiro atoms. The number of rotatable bonds is 2. The second-order valence-electron chi connectivity index (χ2n) is 2.43. The van der Waals surface area contributed by atoms with Gasteiger partial charge in [-0.1, -0.05) is 15.9 Å². The Bertz CT molecular complexity index is 140. The van der Waals surface area contributed by atoms with E-state index in [-0.39, 0.29) is 6.03 Å². The van der Waals surface area contributed by atoms with Gasteiger partial charge in [-0.05, 0) is 6.42 Å². The number of amides is 2. The summed E-state index contributed by atoms with van der Waals surface area (Å²) in [7, 11) is 1.83. The number of carbonyl (C=O) groups excluding carboxylic acids is 1. The van der Waals surface area contributed by atoms with E-state index in [1.807, 2.05) is 7.05 Å². The molecule has 0 aromatic rings. The van der Waals surface area contributed by atoms with Crippen molar-refractivity contribution in [3.63, 3.8) is 0 Å². The molecule has 1 aliphatic rings. The minimum Gasteiger partial charge on any atom is -0.336 e. The molecule has 0 radical (unpaired) electrons. The fraction of sp³-hybridized carbons (Fsp3) is 0.833. The summed E-state index contributed by atoms with van der Waals surface area (Å²) in [5.74, 6) is 0. The molecule has 4 heteroatoms. The van der Waals surface area contributed by atoms with Crippen LogP contribution in [0.3, 0.4) is 0 Å². The van der Waals surface area contributed by atoms with Gasteiger partial charge < -0.3 is 10.2 Å². The van der Waals surface area contributed by atoms with Gasteiger partial charge in [0.15, 0.2) is 0 Å². The fourth-order valence-electron chi connectivity index (χ4n) is 1.05. The minimum atomic E-state index is 0.0472. The zero-order valence-electron chi connectivity index (χ0n) is 5.93. The van der Waals surface area contributed by atoms with Crippen LogP contribution < -0.4 is 5.32 Å². The second-order valence-corrected chi connectivity index (χ2v) is 3.22. The van der Waals surface area contributed by atoms with Gasteiger partial charge in [0.1, 0.15) is 0 Å². The molecule has 1 fully saturated rings. The summed E-state index contributed by atoms with van der Waals surface area (Å²) in [6.07, 6.45) is 1.02. The van der Waals surface area contributed by atoms with Crippen LogP contribution in [-0.2, 0) is 0 Å². The van der Waals surface area contributed by atoms with E-state index in [0.717, 1.165) is 18.3 Å². The van der Waals surface area contributed by atoms with Crippen LogP contribution in [0.25, 0.3) is 0 Å². The molecule has 1 rings (SSSR count). The van der Waals surface area contributed by atoms with E-state index in [4.69, 9.17) is 0 Å². The SMILES string of the molecule is CN1C(=O)NCC1CCBr. The average molecular weight is 207 g/mol. The quantitative estimate of drug-likeness (QED) is 0.667. The third-order valence-corrected chi connectivity index (χ3v) is 2.26. The predicted molar refractivity (Wildman–Crippen MR) is 43.4 cm³/mol. The van der Waals surface area contributed by atoms with Gasteiger partial charge in [0.05, 0.1) is 6.04 Å². The standard InChI is InChI=1S/C6H11BrN2O/c1-9-5(2-3-7)4-8-6(9)10/h5H,2-4H2,1H3,(H,8,10). The van der Waals surface area contributed by atoms with Crippen LogP contribution in [0.4, 0.5) is 4.79 Å². The molecular weight excluding hydrogens is 196 g/mol. The Morgan fingerprint density at radius 1 is 1.90 bits per heavy atom. The van der Waals surface area contributed by atoms with Gasteiger partial charge in [-0.25, -0.2) is 4.79 Å². The normalized spacial score (nSPS) is 25.2. The summed E-state index contributed by atoms with van der Waals surface area (Å²) in [5, 5.41) is 3.73. The van der Waals surface area contributed by atoms with Gasteiger partial charge in [0.2, 0.25) is 0 Å². The number of hydrogen-bond donors (Lipinski definition) is 1. The minimum absolute atomic E-state index is 0.0472. The second kappa shape index (κ2) is 3.23. The Hall–Kier alpha value is -0.250. The molecule has 0 saturated carbocycles. The number of likely N-dealkylation sites (N-methyl/N-ethyl adjacent to an activating group) is 1. The van der Waals surface area contributed by atoms with Crippen molar-refractivity contribution in [1.29, 1.82) is 0 Å². The van der Waals surface area contributed by atoms with Crippen LogP contribution in [0.5, 0.6) is 0 Å². The first kappa shape index (κ1) is 7.85.